The molecule has 0 fully saturated rings. The molecule has 3 N–H and O–H groups in total. The molecule has 1 amide bonds. The first-order chi connectivity index (χ1) is 10.9. The summed E-state index contributed by atoms with van der Waals surface area (Å²) in [5.74, 6) is 0.235. The Hall–Kier alpha value is -1.31. The summed E-state index contributed by atoms with van der Waals surface area (Å²) in [6.45, 7) is 8.12. The maximum absolute atomic E-state index is 12.0. The van der Waals surface area contributed by atoms with Crippen LogP contribution in [-0.2, 0) is 21.2 Å². The van der Waals surface area contributed by atoms with Crippen LogP contribution in [0.15, 0.2) is 18.2 Å². The van der Waals surface area contributed by atoms with Gasteiger partial charge >= 0.3 is 0 Å². The fourth-order valence-electron chi connectivity index (χ4n) is 2.02. The molecule has 0 radical (unpaired) electrons. The Morgan fingerprint density at radius 2 is 1.92 bits per heavy atom. The Morgan fingerprint density at radius 1 is 1.32 bits per heavy atom. The molecule has 0 heterocycles. The molecule has 0 aliphatic heterocycles. The van der Waals surface area contributed by atoms with Gasteiger partial charge in [0.2, 0.25) is 5.91 Å². The third kappa shape index (κ3) is 9.67. The van der Waals surface area contributed by atoms with Crippen LogP contribution < -0.4 is 15.8 Å². The van der Waals surface area contributed by atoms with Crippen LogP contribution in [0.2, 0.25) is 0 Å². The van der Waals surface area contributed by atoms with E-state index in [9.17, 15) is 13.2 Å². The highest BCUT2D eigenvalue weighted by Gasteiger charge is 2.18. The van der Waals surface area contributed by atoms with Crippen molar-refractivity contribution in [3.8, 4) is 5.75 Å². The van der Waals surface area contributed by atoms with Crippen LogP contribution in [-0.4, -0.2) is 38.0 Å². The molecule has 144 valence electrons. The topological polar surface area (TPSA) is 98.5 Å². The number of sulfone groups is 1. The zero-order chi connectivity index (χ0) is 18.5. The maximum Gasteiger partial charge on any atom is 0.237 e. The minimum absolute atomic E-state index is 0. The summed E-state index contributed by atoms with van der Waals surface area (Å²) < 4.78 is 28.2. The lowest BCUT2D eigenvalue weighted by Gasteiger charge is -2.24. The van der Waals surface area contributed by atoms with Crippen molar-refractivity contribution < 1.29 is 17.9 Å². The average Bonchev–Trinajstić information content (AvgIpc) is 2.41. The average molecular weight is 393 g/mol. The molecular formula is C17H29ClN2O4S. The zero-order valence-electron chi connectivity index (χ0n) is 15.5. The smallest absolute Gasteiger partial charge is 0.237 e. The molecule has 0 saturated heterocycles. The largest absolute Gasteiger partial charge is 0.488 e. The molecule has 0 aromatic heterocycles. The van der Waals surface area contributed by atoms with Crippen molar-refractivity contribution in [2.45, 2.75) is 52.3 Å². The van der Waals surface area contributed by atoms with Crippen molar-refractivity contribution >= 4 is 28.2 Å². The van der Waals surface area contributed by atoms with Gasteiger partial charge in [-0.3, -0.25) is 4.79 Å². The first kappa shape index (κ1) is 23.7. The van der Waals surface area contributed by atoms with Gasteiger partial charge in [0.05, 0.1) is 11.8 Å². The van der Waals surface area contributed by atoms with Gasteiger partial charge in [-0.25, -0.2) is 8.42 Å². The molecule has 0 aliphatic rings. The first-order valence-electron chi connectivity index (χ1n) is 7.87. The lowest BCUT2D eigenvalue weighted by Crippen LogP contribution is -2.41. The number of nitrogens with two attached hydrogens (primary N) is 1. The second-order valence-corrected chi connectivity index (χ2v) is 9.33. The van der Waals surface area contributed by atoms with Crippen molar-refractivity contribution in [2.24, 2.45) is 5.73 Å². The molecule has 25 heavy (non-hydrogen) atoms. The van der Waals surface area contributed by atoms with Crippen LogP contribution in [0.3, 0.4) is 0 Å². The summed E-state index contributed by atoms with van der Waals surface area (Å²) >= 11 is 0. The highest BCUT2D eigenvalue weighted by molar-refractivity contribution is 7.90. The van der Waals surface area contributed by atoms with Crippen molar-refractivity contribution in [3.05, 3.63) is 29.3 Å². The third-order valence-electron chi connectivity index (χ3n) is 3.23. The summed E-state index contributed by atoms with van der Waals surface area (Å²) in [5.41, 5.74) is 7.31. The van der Waals surface area contributed by atoms with Gasteiger partial charge in [-0.2, -0.15) is 0 Å². The van der Waals surface area contributed by atoms with Gasteiger partial charge in [-0.15, -0.1) is 12.4 Å². The minimum Gasteiger partial charge on any atom is -0.488 e. The highest BCUT2D eigenvalue weighted by Crippen LogP contribution is 2.24. The van der Waals surface area contributed by atoms with Gasteiger partial charge in [0.1, 0.15) is 21.2 Å². The van der Waals surface area contributed by atoms with Crippen molar-refractivity contribution in [1.29, 1.82) is 0 Å². The molecule has 1 aromatic carbocycles. The lowest BCUT2D eigenvalue weighted by atomic mass is 10.1. The molecule has 0 saturated carbocycles. The number of hydrogen-bond acceptors (Lipinski definition) is 5. The second-order valence-electron chi connectivity index (χ2n) is 7.07. The number of ether oxygens (including phenoxy) is 1. The molecular weight excluding hydrogens is 364 g/mol. The van der Waals surface area contributed by atoms with Crippen molar-refractivity contribution in [2.75, 3.05) is 12.0 Å². The number of benzene rings is 1. The normalized spacial score (nSPS) is 12.9. The van der Waals surface area contributed by atoms with Gasteiger partial charge in [0, 0.05) is 18.4 Å². The summed E-state index contributed by atoms with van der Waals surface area (Å²) in [6, 6.07) is 4.92. The van der Waals surface area contributed by atoms with E-state index in [4.69, 9.17) is 10.5 Å². The Morgan fingerprint density at radius 3 is 2.44 bits per heavy atom. The first-order valence-corrected chi connectivity index (χ1v) is 9.93. The predicted molar refractivity (Wildman–Crippen MR) is 103 cm³/mol. The molecule has 0 aliphatic carbocycles. The van der Waals surface area contributed by atoms with Gasteiger partial charge in [-0.05, 0) is 45.7 Å². The number of carbonyl (C=O) groups is 1. The van der Waals surface area contributed by atoms with E-state index in [1.54, 1.807) is 0 Å². The van der Waals surface area contributed by atoms with E-state index in [0.29, 0.717) is 5.75 Å². The standard InChI is InChI=1S/C17H28N2O4S.ClH/c1-12-6-7-13(15(10-12)23-17(2,3)4)11-19-16(20)14(18)8-9-24(5,21)22;/h6-7,10,14H,8-9,11,18H2,1-5H3,(H,19,20);1H. The summed E-state index contributed by atoms with van der Waals surface area (Å²) in [4.78, 5) is 12.0. The Kier molecular flexibility index (Phi) is 8.91. The van der Waals surface area contributed by atoms with Crippen LogP contribution in [0, 0.1) is 6.92 Å². The molecule has 0 bridgehead atoms. The van der Waals surface area contributed by atoms with Gasteiger partial charge in [-0.1, -0.05) is 12.1 Å². The summed E-state index contributed by atoms with van der Waals surface area (Å²) in [6.07, 6.45) is 1.23. The fourth-order valence-corrected chi connectivity index (χ4v) is 2.70. The van der Waals surface area contributed by atoms with E-state index in [2.05, 4.69) is 5.32 Å². The number of aryl methyl sites for hydroxylation is 1. The number of nitrogens with one attached hydrogen (secondary N) is 1. The quantitative estimate of drug-likeness (QED) is 0.739. The molecule has 1 unspecified atom stereocenters. The minimum atomic E-state index is -3.13. The van der Waals surface area contributed by atoms with E-state index < -0.39 is 15.9 Å². The van der Waals surface area contributed by atoms with E-state index in [1.165, 1.54) is 0 Å². The summed E-state index contributed by atoms with van der Waals surface area (Å²) in [7, 11) is -3.13. The molecule has 0 spiro atoms. The maximum atomic E-state index is 12.0. The van der Waals surface area contributed by atoms with Gasteiger partial charge in [0.15, 0.2) is 0 Å². The van der Waals surface area contributed by atoms with Crippen LogP contribution >= 0.6 is 12.4 Å². The van der Waals surface area contributed by atoms with Crippen molar-refractivity contribution in [3.63, 3.8) is 0 Å². The molecule has 8 heteroatoms. The van der Waals surface area contributed by atoms with Gasteiger partial charge < -0.3 is 15.8 Å². The predicted octanol–water partition coefficient (Wildman–Crippen LogP) is 1.97. The molecule has 1 aromatic rings. The number of hydrogen-bond donors (Lipinski definition) is 2. The van der Waals surface area contributed by atoms with Crippen LogP contribution in [0.1, 0.15) is 38.3 Å². The Bertz CT molecular complexity index is 684. The number of halogens is 1. The fraction of sp³-hybridized carbons (Fsp3) is 0.588. The monoisotopic (exact) mass is 392 g/mol. The van der Waals surface area contributed by atoms with E-state index in [0.717, 1.165) is 17.4 Å². The lowest BCUT2D eigenvalue weighted by molar-refractivity contribution is -0.122. The van der Waals surface area contributed by atoms with Crippen LogP contribution in [0.5, 0.6) is 5.75 Å². The highest BCUT2D eigenvalue weighted by atomic mass is 35.5. The van der Waals surface area contributed by atoms with E-state index in [1.807, 2.05) is 45.9 Å². The van der Waals surface area contributed by atoms with Crippen LogP contribution in [0.4, 0.5) is 0 Å². The number of rotatable bonds is 7. The molecule has 1 atom stereocenters. The third-order valence-corrected chi connectivity index (χ3v) is 4.21. The van der Waals surface area contributed by atoms with E-state index in [-0.39, 0.29) is 42.6 Å². The number of amides is 1. The number of carbonyl (C=O) groups excluding carboxylic acids is 1. The van der Waals surface area contributed by atoms with Crippen molar-refractivity contribution in [1.82, 2.24) is 5.32 Å². The Labute approximate surface area is 156 Å². The SMILES string of the molecule is Cc1ccc(CNC(=O)C(N)CCS(C)(=O)=O)c(OC(C)(C)C)c1.Cl. The van der Waals surface area contributed by atoms with E-state index >= 15 is 0 Å². The zero-order valence-corrected chi connectivity index (χ0v) is 17.1. The van der Waals surface area contributed by atoms with Gasteiger partial charge in [0.25, 0.3) is 0 Å². The Balaban J connectivity index is 0.00000576. The summed E-state index contributed by atoms with van der Waals surface area (Å²) in [5, 5.41) is 2.74. The second kappa shape index (κ2) is 9.40. The molecule has 6 nitrogen and oxygen atoms in total. The molecule has 1 rings (SSSR count). The van der Waals surface area contributed by atoms with Crippen LogP contribution in [0.25, 0.3) is 0 Å².